The number of carbonyl (C=O) groups excluding carboxylic acids is 2. The van der Waals surface area contributed by atoms with E-state index in [1.165, 1.54) is 0 Å². The van der Waals surface area contributed by atoms with Crippen molar-refractivity contribution in [1.82, 2.24) is 15.1 Å². The molecule has 0 saturated carbocycles. The van der Waals surface area contributed by atoms with Gasteiger partial charge in [0.2, 0.25) is 5.91 Å². The first-order valence-electron chi connectivity index (χ1n) is 9.96. The number of piperazine rings is 1. The molecule has 0 radical (unpaired) electrons. The lowest BCUT2D eigenvalue weighted by Gasteiger charge is -2.32. The van der Waals surface area contributed by atoms with E-state index >= 15 is 0 Å². The Morgan fingerprint density at radius 1 is 1.19 bits per heavy atom. The molecule has 1 aromatic carbocycles. The maximum atomic E-state index is 12.5. The minimum absolute atomic E-state index is 0.0373. The van der Waals surface area contributed by atoms with Crippen molar-refractivity contribution in [3.8, 4) is 5.75 Å². The van der Waals surface area contributed by atoms with E-state index < -0.39 is 0 Å². The maximum Gasteiger partial charge on any atom is 0.260 e. The van der Waals surface area contributed by atoms with E-state index in [1.807, 2.05) is 29.2 Å². The highest BCUT2D eigenvalue weighted by Crippen LogP contribution is 2.25. The number of likely N-dealkylation sites (tertiary alicyclic amines) is 1. The van der Waals surface area contributed by atoms with Crippen LogP contribution in [0.3, 0.4) is 0 Å². The van der Waals surface area contributed by atoms with E-state index in [-0.39, 0.29) is 18.4 Å². The fourth-order valence-corrected chi connectivity index (χ4v) is 4.21. The van der Waals surface area contributed by atoms with E-state index in [9.17, 15) is 9.59 Å². The van der Waals surface area contributed by atoms with Crippen LogP contribution in [-0.4, -0.2) is 80.1 Å². The molecular formula is C20H28N4O3. The lowest BCUT2D eigenvalue weighted by atomic mass is 10.2. The Hall–Kier alpha value is -2.12. The quantitative estimate of drug-likeness (QED) is 0.824. The average molecular weight is 372 g/mol. The highest BCUT2D eigenvalue weighted by Gasteiger charge is 2.31. The number of hydrogen-bond donors (Lipinski definition) is 1. The average Bonchev–Trinajstić information content (AvgIpc) is 3.36. The molecule has 3 heterocycles. The monoisotopic (exact) mass is 372 g/mol. The van der Waals surface area contributed by atoms with Crippen LogP contribution in [-0.2, 0) is 9.59 Å². The molecule has 1 N–H and O–H groups in total. The van der Waals surface area contributed by atoms with Crippen LogP contribution in [0.15, 0.2) is 24.3 Å². The lowest BCUT2D eigenvalue weighted by Crippen LogP contribution is -2.49. The zero-order chi connectivity index (χ0) is 18.6. The summed E-state index contributed by atoms with van der Waals surface area (Å²) in [5.41, 5.74) is 0.849. The molecule has 0 bridgehead atoms. The number of carbonyl (C=O) groups is 2. The lowest BCUT2D eigenvalue weighted by molar-refractivity contribution is -0.132. The third-order valence-corrected chi connectivity index (χ3v) is 5.75. The first-order chi connectivity index (χ1) is 13.2. The normalized spacial score (nSPS) is 23.9. The van der Waals surface area contributed by atoms with Crippen LogP contribution in [0.2, 0.25) is 0 Å². The molecular weight excluding hydrogens is 344 g/mol. The first-order valence-corrected chi connectivity index (χ1v) is 9.96. The molecule has 7 heteroatoms. The van der Waals surface area contributed by atoms with Gasteiger partial charge in [-0.1, -0.05) is 6.07 Å². The molecule has 146 valence electrons. The van der Waals surface area contributed by atoms with Crippen molar-refractivity contribution in [3.05, 3.63) is 24.3 Å². The van der Waals surface area contributed by atoms with Crippen LogP contribution in [0, 0.1) is 0 Å². The van der Waals surface area contributed by atoms with Gasteiger partial charge in [-0.05, 0) is 25.0 Å². The SMILES string of the molecule is O=C(COc1cccc(N2CCCC2=O)c1)N1CCC(N2CCNCC2)C1. The largest absolute Gasteiger partial charge is 0.484 e. The van der Waals surface area contributed by atoms with E-state index in [1.54, 1.807) is 4.90 Å². The number of anilines is 1. The summed E-state index contributed by atoms with van der Waals surface area (Å²) >= 11 is 0. The van der Waals surface area contributed by atoms with Gasteiger partial charge in [0.05, 0.1) is 0 Å². The number of hydrogen-bond acceptors (Lipinski definition) is 5. The van der Waals surface area contributed by atoms with Gasteiger partial charge in [-0.2, -0.15) is 0 Å². The van der Waals surface area contributed by atoms with Gasteiger partial charge in [-0.25, -0.2) is 0 Å². The topological polar surface area (TPSA) is 65.1 Å². The summed E-state index contributed by atoms with van der Waals surface area (Å²) < 4.78 is 5.74. The highest BCUT2D eigenvalue weighted by atomic mass is 16.5. The molecule has 0 aliphatic carbocycles. The molecule has 27 heavy (non-hydrogen) atoms. The number of benzene rings is 1. The van der Waals surface area contributed by atoms with Gasteiger partial charge in [0, 0.05) is 70.0 Å². The van der Waals surface area contributed by atoms with Crippen molar-refractivity contribution in [2.75, 3.05) is 57.3 Å². The fraction of sp³-hybridized carbons (Fsp3) is 0.600. The zero-order valence-electron chi connectivity index (χ0n) is 15.7. The Morgan fingerprint density at radius 2 is 2.04 bits per heavy atom. The Bertz CT molecular complexity index is 690. The van der Waals surface area contributed by atoms with Crippen LogP contribution in [0.1, 0.15) is 19.3 Å². The predicted octanol–water partition coefficient (Wildman–Crippen LogP) is 0.698. The minimum atomic E-state index is 0.0373. The standard InChI is InChI=1S/C20H28N4O3/c25-19-5-2-9-24(19)16-3-1-4-18(13-16)27-15-20(26)23-10-6-17(14-23)22-11-7-21-8-12-22/h1,3-4,13,17,21H,2,5-12,14-15H2. The number of ether oxygens (including phenoxy) is 1. The van der Waals surface area contributed by atoms with Gasteiger partial charge < -0.3 is 19.9 Å². The van der Waals surface area contributed by atoms with E-state index in [0.29, 0.717) is 18.2 Å². The summed E-state index contributed by atoms with van der Waals surface area (Å²) in [5.74, 6) is 0.827. The maximum absolute atomic E-state index is 12.5. The van der Waals surface area contributed by atoms with Crippen LogP contribution < -0.4 is 15.0 Å². The second-order valence-electron chi connectivity index (χ2n) is 7.50. The van der Waals surface area contributed by atoms with Crippen molar-refractivity contribution in [3.63, 3.8) is 0 Å². The second kappa shape index (κ2) is 8.27. The summed E-state index contributed by atoms with van der Waals surface area (Å²) in [4.78, 5) is 30.6. The Morgan fingerprint density at radius 3 is 2.81 bits per heavy atom. The Kier molecular flexibility index (Phi) is 5.59. The number of rotatable bonds is 5. The summed E-state index contributed by atoms with van der Waals surface area (Å²) in [6.45, 7) is 6.58. The van der Waals surface area contributed by atoms with E-state index in [2.05, 4.69) is 10.2 Å². The molecule has 2 amide bonds. The molecule has 7 nitrogen and oxygen atoms in total. The molecule has 0 aromatic heterocycles. The van der Waals surface area contributed by atoms with Gasteiger partial charge in [0.1, 0.15) is 5.75 Å². The molecule has 3 fully saturated rings. The Labute approximate surface area is 160 Å². The number of nitrogens with zero attached hydrogens (tertiary/aromatic N) is 3. The van der Waals surface area contributed by atoms with Gasteiger partial charge >= 0.3 is 0 Å². The van der Waals surface area contributed by atoms with Crippen molar-refractivity contribution >= 4 is 17.5 Å². The third-order valence-electron chi connectivity index (χ3n) is 5.75. The van der Waals surface area contributed by atoms with Gasteiger partial charge in [-0.3, -0.25) is 14.5 Å². The van der Waals surface area contributed by atoms with E-state index in [4.69, 9.17) is 4.74 Å². The summed E-state index contributed by atoms with van der Waals surface area (Å²) in [6, 6.07) is 7.95. The molecule has 4 rings (SSSR count). The van der Waals surface area contributed by atoms with Crippen molar-refractivity contribution in [1.29, 1.82) is 0 Å². The van der Waals surface area contributed by atoms with Crippen molar-refractivity contribution in [2.24, 2.45) is 0 Å². The van der Waals surface area contributed by atoms with Crippen LogP contribution >= 0.6 is 0 Å². The molecule has 1 atom stereocenters. The first kappa shape index (κ1) is 18.3. The summed E-state index contributed by atoms with van der Waals surface area (Å²) in [6.07, 6.45) is 2.54. The minimum Gasteiger partial charge on any atom is -0.484 e. The fourth-order valence-electron chi connectivity index (χ4n) is 4.21. The number of amides is 2. The molecule has 3 saturated heterocycles. The number of nitrogens with one attached hydrogen (secondary N) is 1. The van der Waals surface area contributed by atoms with Crippen LogP contribution in [0.4, 0.5) is 5.69 Å². The smallest absolute Gasteiger partial charge is 0.260 e. The van der Waals surface area contributed by atoms with Crippen molar-refractivity contribution < 1.29 is 14.3 Å². The summed E-state index contributed by atoms with van der Waals surface area (Å²) in [7, 11) is 0. The van der Waals surface area contributed by atoms with Crippen LogP contribution in [0.25, 0.3) is 0 Å². The van der Waals surface area contributed by atoms with Gasteiger partial charge in [0.25, 0.3) is 5.91 Å². The van der Waals surface area contributed by atoms with Gasteiger partial charge in [0.15, 0.2) is 6.61 Å². The highest BCUT2D eigenvalue weighted by molar-refractivity contribution is 5.95. The van der Waals surface area contributed by atoms with Gasteiger partial charge in [-0.15, -0.1) is 0 Å². The molecule has 1 unspecified atom stereocenters. The zero-order valence-corrected chi connectivity index (χ0v) is 15.7. The molecule has 0 spiro atoms. The van der Waals surface area contributed by atoms with Crippen LogP contribution in [0.5, 0.6) is 5.75 Å². The molecule has 3 aliphatic rings. The molecule has 3 aliphatic heterocycles. The predicted molar refractivity (Wildman–Crippen MR) is 103 cm³/mol. The van der Waals surface area contributed by atoms with E-state index in [0.717, 1.165) is 64.3 Å². The second-order valence-corrected chi connectivity index (χ2v) is 7.50. The van der Waals surface area contributed by atoms with Crippen molar-refractivity contribution in [2.45, 2.75) is 25.3 Å². The summed E-state index contributed by atoms with van der Waals surface area (Å²) in [5, 5.41) is 3.37. The Balaban J connectivity index is 1.29. The third kappa shape index (κ3) is 4.25. The molecule has 1 aromatic rings.